The van der Waals surface area contributed by atoms with E-state index in [4.69, 9.17) is 5.73 Å². The van der Waals surface area contributed by atoms with E-state index in [1.165, 1.54) is 23.1 Å². The fourth-order valence-corrected chi connectivity index (χ4v) is 2.78. The van der Waals surface area contributed by atoms with Crippen molar-refractivity contribution in [1.29, 1.82) is 0 Å². The Labute approximate surface area is 88.5 Å². The lowest BCUT2D eigenvalue weighted by Crippen LogP contribution is -2.32. The first-order chi connectivity index (χ1) is 6.54. The average molecular weight is 241 g/mol. The van der Waals surface area contributed by atoms with E-state index in [9.17, 15) is 13.2 Å². The minimum Gasteiger partial charge on any atom is -0.330 e. The van der Waals surface area contributed by atoms with Crippen LogP contribution in [0.1, 0.15) is 0 Å². The van der Waals surface area contributed by atoms with Crippen LogP contribution in [0, 0.1) is 5.92 Å². The van der Waals surface area contributed by atoms with Crippen LogP contribution in [0.5, 0.6) is 0 Å². The summed E-state index contributed by atoms with van der Waals surface area (Å²) in [6.07, 6.45) is -4.18. The highest BCUT2D eigenvalue weighted by molar-refractivity contribution is 8.01. The molecule has 0 aromatic carbocycles. The second-order valence-electron chi connectivity index (χ2n) is 2.72. The highest BCUT2D eigenvalue weighted by Gasteiger charge is 2.38. The van der Waals surface area contributed by atoms with Gasteiger partial charge in [0.15, 0.2) is 0 Å². The number of alkyl halides is 3. The van der Waals surface area contributed by atoms with Crippen LogP contribution in [0.4, 0.5) is 13.2 Å². The van der Waals surface area contributed by atoms with Crippen LogP contribution in [-0.4, -0.2) is 18.5 Å². The molecule has 0 saturated carbocycles. The molecule has 1 unspecified atom stereocenters. The summed E-state index contributed by atoms with van der Waals surface area (Å²) in [6.45, 7) is -0.345. The number of nitrogens with two attached hydrogens (primary N) is 1. The van der Waals surface area contributed by atoms with Crippen LogP contribution >= 0.6 is 23.1 Å². The summed E-state index contributed by atoms with van der Waals surface area (Å²) >= 11 is 2.65. The van der Waals surface area contributed by atoms with Crippen LogP contribution in [0.25, 0.3) is 0 Å². The van der Waals surface area contributed by atoms with Crippen molar-refractivity contribution >= 4 is 23.1 Å². The molecule has 0 amide bonds. The van der Waals surface area contributed by atoms with Gasteiger partial charge in [0.25, 0.3) is 0 Å². The molecule has 14 heavy (non-hydrogen) atoms. The first kappa shape index (κ1) is 11.9. The van der Waals surface area contributed by atoms with Gasteiger partial charge in [-0.3, -0.25) is 0 Å². The Bertz CT molecular complexity index is 258. The predicted octanol–water partition coefficient (Wildman–Crippen LogP) is 2.98. The monoisotopic (exact) mass is 241 g/mol. The van der Waals surface area contributed by atoms with Crippen LogP contribution in [0.3, 0.4) is 0 Å². The molecule has 1 aromatic rings. The Balaban J connectivity index is 2.43. The number of hydrogen-bond donors (Lipinski definition) is 1. The van der Waals surface area contributed by atoms with Crippen molar-refractivity contribution in [2.45, 2.75) is 10.4 Å². The number of thiophene rings is 1. The van der Waals surface area contributed by atoms with Gasteiger partial charge in [-0.1, -0.05) is 6.07 Å². The van der Waals surface area contributed by atoms with Crippen molar-refractivity contribution < 1.29 is 13.2 Å². The molecule has 1 heterocycles. The van der Waals surface area contributed by atoms with Gasteiger partial charge in [-0.05, 0) is 11.4 Å². The van der Waals surface area contributed by atoms with E-state index in [1.54, 1.807) is 6.07 Å². The minimum absolute atomic E-state index is 0.000509. The van der Waals surface area contributed by atoms with Crippen molar-refractivity contribution in [1.82, 2.24) is 0 Å². The third-order valence-electron chi connectivity index (χ3n) is 1.67. The zero-order valence-electron chi connectivity index (χ0n) is 7.25. The van der Waals surface area contributed by atoms with Crippen molar-refractivity contribution in [3.63, 3.8) is 0 Å². The van der Waals surface area contributed by atoms with Crippen molar-refractivity contribution in [3.8, 4) is 0 Å². The molecule has 1 atom stereocenters. The summed E-state index contributed by atoms with van der Waals surface area (Å²) in [6, 6.07) is 3.62. The van der Waals surface area contributed by atoms with Gasteiger partial charge in [-0.2, -0.15) is 13.2 Å². The molecule has 0 aliphatic carbocycles. The number of halogens is 3. The summed E-state index contributed by atoms with van der Waals surface area (Å²) < 4.78 is 37.7. The van der Waals surface area contributed by atoms with E-state index in [0.717, 1.165) is 4.21 Å². The van der Waals surface area contributed by atoms with Gasteiger partial charge >= 0.3 is 6.18 Å². The maximum absolute atomic E-state index is 12.3. The lowest BCUT2D eigenvalue weighted by molar-refractivity contribution is -0.165. The lowest BCUT2D eigenvalue weighted by Gasteiger charge is -2.17. The van der Waals surface area contributed by atoms with Gasteiger partial charge < -0.3 is 5.73 Å². The minimum atomic E-state index is -4.18. The first-order valence-electron chi connectivity index (χ1n) is 3.97. The molecule has 1 rings (SSSR count). The summed E-state index contributed by atoms with van der Waals surface area (Å²) in [5, 5.41) is 1.84. The van der Waals surface area contributed by atoms with Crippen molar-refractivity contribution in [2.75, 3.05) is 12.3 Å². The first-order valence-corrected chi connectivity index (χ1v) is 5.83. The molecule has 6 heteroatoms. The van der Waals surface area contributed by atoms with Gasteiger partial charge in [0.1, 0.15) is 0 Å². The Morgan fingerprint density at radius 1 is 1.50 bits per heavy atom. The Morgan fingerprint density at radius 3 is 2.64 bits per heavy atom. The fourth-order valence-electron chi connectivity index (χ4n) is 0.825. The second-order valence-corrected chi connectivity index (χ2v) is 4.99. The molecule has 0 bridgehead atoms. The zero-order valence-corrected chi connectivity index (χ0v) is 8.88. The normalized spacial score (nSPS) is 14.3. The predicted molar refractivity (Wildman–Crippen MR) is 53.6 cm³/mol. The molecule has 0 aliphatic heterocycles. The molecule has 0 fully saturated rings. The smallest absolute Gasteiger partial charge is 0.330 e. The molecule has 2 N–H and O–H groups in total. The standard InChI is InChI=1S/C8H10F3NS2/c9-8(10,11)6(4-12)5-14-7-2-1-3-13-7/h1-3,6H,4-5,12H2. The summed E-state index contributed by atoms with van der Waals surface area (Å²) in [4.78, 5) is 0. The van der Waals surface area contributed by atoms with Crippen LogP contribution in [-0.2, 0) is 0 Å². The third kappa shape index (κ3) is 3.51. The highest BCUT2D eigenvalue weighted by Crippen LogP contribution is 2.32. The topological polar surface area (TPSA) is 26.0 Å². The van der Waals surface area contributed by atoms with Gasteiger partial charge in [-0.15, -0.1) is 23.1 Å². The van der Waals surface area contributed by atoms with E-state index in [1.807, 2.05) is 11.4 Å². The molecule has 1 nitrogen and oxygen atoms in total. The van der Waals surface area contributed by atoms with Crippen molar-refractivity contribution in [2.24, 2.45) is 11.7 Å². The van der Waals surface area contributed by atoms with Gasteiger partial charge in [0.2, 0.25) is 0 Å². The second kappa shape index (κ2) is 5.04. The molecule has 0 radical (unpaired) electrons. The van der Waals surface area contributed by atoms with Crippen LogP contribution < -0.4 is 5.73 Å². The van der Waals surface area contributed by atoms with E-state index in [-0.39, 0.29) is 12.3 Å². The third-order valence-corrected chi connectivity index (χ3v) is 3.96. The molecule has 0 aliphatic rings. The quantitative estimate of drug-likeness (QED) is 0.820. The van der Waals surface area contributed by atoms with E-state index < -0.39 is 12.1 Å². The fraction of sp³-hybridized carbons (Fsp3) is 0.500. The van der Waals surface area contributed by atoms with Crippen molar-refractivity contribution in [3.05, 3.63) is 17.5 Å². The molecule has 1 aromatic heterocycles. The Kier molecular flexibility index (Phi) is 4.28. The van der Waals surface area contributed by atoms with E-state index in [0.29, 0.717) is 0 Å². The summed E-state index contributed by atoms with van der Waals surface area (Å²) in [5.41, 5.74) is 5.07. The number of thioether (sulfide) groups is 1. The lowest BCUT2D eigenvalue weighted by atomic mass is 10.2. The summed E-state index contributed by atoms with van der Waals surface area (Å²) in [7, 11) is 0. The number of hydrogen-bond acceptors (Lipinski definition) is 3. The maximum Gasteiger partial charge on any atom is 0.393 e. The molecular formula is C8H10F3NS2. The Hall–Kier alpha value is -0.200. The van der Waals surface area contributed by atoms with Crippen LogP contribution in [0.2, 0.25) is 0 Å². The van der Waals surface area contributed by atoms with Gasteiger partial charge in [-0.25, -0.2) is 0 Å². The highest BCUT2D eigenvalue weighted by atomic mass is 32.2. The largest absolute Gasteiger partial charge is 0.393 e. The molecule has 80 valence electrons. The molecule has 0 spiro atoms. The SMILES string of the molecule is NCC(CSc1cccs1)C(F)(F)F. The zero-order chi connectivity index (χ0) is 10.6. The average Bonchev–Trinajstić information content (AvgIpc) is 2.55. The van der Waals surface area contributed by atoms with E-state index in [2.05, 4.69) is 0 Å². The van der Waals surface area contributed by atoms with Crippen LogP contribution in [0.15, 0.2) is 21.7 Å². The van der Waals surface area contributed by atoms with E-state index >= 15 is 0 Å². The molecular weight excluding hydrogens is 231 g/mol. The molecule has 0 saturated heterocycles. The number of rotatable bonds is 4. The van der Waals surface area contributed by atoms with Gasteiger partial charge in [0.05, 0.1) is 10.1 Å². The Morgan fingerprint density at radius 2 is 2.21 bits per heavy atom. The maximum atomic E-state index is 12.3. The van der Waals surface area contributed by atoms with Gasteiger partial charge in [0, 0.05) is 12.3 Å². The summed E-state index contributed by atoms with van der Waals surface area (Å²) in [5.74, 6) is -1.41.